The van der Waals surface area contributed by atoms with Crippen LogP contribution in [0.25, 0.3) is 0 Å². The number of carbonyl (C=O) groups is 1. The van der Waals surface area contributed by atoms with E-state index in [0.29, 0.717) is 18.9 Å². The van der Waals surface area contributed by atoms with Gasteiger partial charge in [-0.2, -0.15) is 0 Å². The van der Waals surface area contributed by atoms with Gasteiger partial charge in [-0.1, -0.05) is 25.1 Å². The first-order valence-corrected chi connectivity index (χ1v) is 5.37. The molecule has 0 aliphatic rings. The average molecular weight is 223 g/mol. The highest BCUT2D eigenvalue weighted by molar-refractivity contribution is 5.71. The van der Waals surface area contributed by atoms with Gasteiger partial charge in [-0.3, -0.25) is 0 Å². The van der Waals surface area contributed by atoms with E-state index in [4.69, 9.17) is 9.47 Å². The Morgan fingerprint density at radius 3 is 2.75 bits per heavy atom. The van der Waals surface area contributed by atoms with Crippen LogP contribution in [-0.2, 0) is 9.53 Å². The van der Waals surface area contributed by atoms with Gasteiger partial charge >= 0.3 is 5.97 Å². The molecule has 0 spiro atoms. The highest BCUT2D eigenvalue weighted by atomic mass is 16.6. The van der Waals surface area contributed by atoms with Crippen LogP contribution in [0.15, 0.2) is 30.3 Å². The fourth-order valence-corrected chi connectivity index (χ4v) is 1.11. The van der Waals surface area contributed by atoms with E-state index in [1.165, 1.54) is 0 Å². The van der Waals surface area contributed by atoms with Crippen LogP contribution in [0.2, 0.25) is 0 Å². The van der Waals surface area contributed by atoms with Crippen LogP contribution in [-0.4, -0.2) is 32.3 Å². The van der Waals surface area contributed by atoms with Crippen molar-refractivity contribution in [1.29, 1.82) is 0 Å². The van der Waals surface area contributed by atoms with E-state index >= 15 is 0 Å². The molecule has 88 valence electrons. The van der Waals surface area contributed by atoms with Gasteiger partial charge in [-0.05, 0) is 18.7 Å². The second-order valence-corrected chi connectivity index (χ2v) is 3.18. The SMILES string of the molecule is CCNCCOC(=O)COc1ccccc1. The predicted octanol–water partition coefficient (Wildman–Crippen LogP) is 1.22. The summed E-state index contributed by atoms with van der Waals surface area (Å²) in [5.41, 5.74) is 0. The molecule has 0 atom stereocenters. The summed E-state index contributed by atoms with van der Waals surface area (Å²) < 4.78 is 10.2. The Bertz CT molecular complexity index is 300. The van der Waals surface area contributed by atoms with E-state index in [2.05, 4.69) is 5.32 Å². The van der Waals surface area contributed by atoms with Crippen molar-refractivity contribution in [1.82, 2.24) is 5.32 Å². The van der Waals surface area contributed by atoms with Crippen molar-refractivity contribution in [2.45, 2.75) is 6.92 Å². The Morgan fingerprint density at radius 1 is 1.31 bits per heavy atom. The zero-order valence-electron chi connectivity index (χ0n) is 9.44. The summed E-state index contributed by atoms with van der Waals surface area (Å²) in [6.07, 6.45) is 0. The summed E-state index contributed by atoms with van der Waals surface area (Å²) in [6.45, 7) is 3.88. The first-order valence-electron chi connectivity index (χ1n) is 5.37. The van der Waals surface area contributed by atoms with Crippen molar-refractivity contribution in [2.75, 3.05) is 26.3 Å². The fraction of sp³-hybridized carbons (Fsp3) is 0.417. The molecule has 0 bridgehead atoms. The van der Waals surface area contributed by atoms with Crippen molar-refractivity contribution in [3.8, 4) is 5.75 Å². The summed E-state index contributed by atoms with van der Waals surface area (Å²) in [4.78, 5) is 11.2. The number of hydrogen-bond acceptors (Lipinski definition) is 4. The van der Waals surface area contributed by atoms with Gasteiger partial charge in [-0.25, -0.2) is 4.79 Å². The summed E-state index contributed by atoms with van der Waals surface area (Å²) >= 11 is 0. The molecule has 4 heteroatoms. The Labute approximate surface area is 95.6 Å². The van der Waals surface area contributed by atoms with Crippen LogP contribution in [0.4, 0.5) is 0 Å². The Hall–Kier alpha value is -1.55. The molecule has 1 aromatic carbocycles. The fourth-order valence-electron chi connectivity index (χ4n) is 1.11. The molecule has 1 rings (SSSR count). The minimum atomic E-state index is -0.346. The molecule has 0 saturated heterocycles. The van der Waals surface area contributed by atoms with Gasteiger partial charge in [0, 0.05) is 6.54 Å². The summed E-state index contributed by atoms with van der Waals surface area (Å²) in [6, 6.07) is 9.19. The molecule has 0 heterocycles. The number of rotatable bonds is 7. The van der Waals surface area contributed by atoms with Crippen LogP contribution in [0.5, 0.6) is 5.75 Å². The molecule has 0 saturated carbocycles. The summed E-state index contributed by atoms with van der Waals surface area (Å²) in [5.74, 6) is 0.327. The first-order chi connectivity index (χ1) is 7.83. The molecule has 0 unspecified atom stereocenters. The Morgan fingerprint density at radius 2 is 2.06 bits per heavy atom. The van der Waals surface area contributed by atoms with E-state index in [9.17, 15) is 4.79 Å². The van der Waals surface area contributed by atoms with Crippen molar-refractivity contribution >= 4 is 5.97 Å². The van der Waals surface area contributed by atoms with Gasteiger partial charge in [0.05, 0.1) is 0 Å². The smallest absolute Gasteiger partial charge is 0.344 e. The first kappa shape index (κ1) is 12.5. The molecule has 0 radical (unpaired) electrons. The van der Waals surface area contributed by atoms with Crippen molar-refractivity contribution in [3.63, 3.8) is 0 Å². The molecule has 4 nitrogen and oxygen atoms in total. The molecule has 0 aliphatic heterocycles. The van der Waals surface area contributed by atoms with Gasteiger partial charge in [0.15, 0.2) is 6.61 Å². The minimum Gasteiger partial charge on any atom is -0.482 e. The number of ether oxygens (including phenoxy) is 2. The number of hydrogen-bond donors (Lipinski definition) is 1. The van der Waals surface area contributed by atoms with E-state index in [1.807, 2.05) is 25.1 Å². The van der Waals surface area contributed by atoms with E-state index in [-0.39, 0.29) is 12.6 Å². The van der Waals surface area contributed by atoms with Crippen molar-refractivity contribution in [2.24, 2.45) is 0 Å². The molecule has 1 N–H and O–H groups in total. The number of likely N-dealkylation sites (N-methyl/N-ethyl adjacent to an activating group) is 1. The zero-order chi connectivity index (χ0) is 11.6. The monoisotopic (exact) mass is 223 g/mol. The van der Waals surface area contributed by atoms with Gasteiger partial charge in [0.1, 0.15) is 12.4 Å². The lowest BCUT2D eigenvalue weighted by molar-refractivity contribution is -0.145. The number of benzene rings is 1. The van der Waals surface area contributed by atoms with E-state index in [0.717, 1.165) is 6.54 Å². The largest absolute Gasteiger partial charge is 0.482 e. The lowest BCUT2D eigenvalue weighted by atomic mass is 10.3. The standard InChI is InChI=1S/C12H17NO3/c1-2-13-8-9-15-12(14)10-16-11-6-4-3-5-7-11/h3-7,13H,2,8-10H2,1H3. The van der Waals surface area contributed by atoms with Crippen LogP contribution < -0.4 is 10.1 Å². The number of nitrogens with one attached hydrogen (secondary N) is 1. The molecule has 16 heavy (non-hydrogen) atoms. The van der Waals surface area contributed by atoms with Crippen LogP contribution in [0.3, 0.4) is 0 Å². The lowest BCUT2D eigenvalue weighted by Gasteiger charge is -2.06. The van der Waals surface area contributed by atoms with Gasteiger partial charge in [-0.15, -0.1) is 0 Å². The number of carbonyl (C=O) groups excluding carboxylic acids is 1. The molecule has 0 aliphatic carbocycles. The predicted molar refractivity (Wildman–Crippen MR) is 61.4 cm³/mol. The maximum Gasteiger partial charge on any atom is 0.344 e. The van der Waals surface area contributed by atoms with Gasteiger partial charge in [0.2, 0.25) is 0 Å². The topological polar surface area (TPSA) is 47.6 Å². The van der Waals surface area contributed by atoms with Crippen molar-refractivity contribution < 1.29 is 14.3 Å². The number of para-hydroxylation sites is 1. The molecule has 0 amide bonds. The van der Waals surface area contributed by atoms with E-state index in [1.54, 1.807) is 12.1 Å². The average Bonchev–Trinajstić information content (AvgIpc) is 2.33. The molecule has 1 aromatic rings. The van der Waals surface area contributed by atoms with E-state index < -0.39 is 0 Å². The second-order valence-electron chi connectivity index (χ2n) is 3.18. The highest BCUT2D eigenvalue weighted by Gasteiger charge is 2.03. The van der Waals surface area contributed by atoms with Gasteiger partial charge in [0.25, 0.3) is 0 Å². The minimum absolute atomic E-state index is 0.0455. The third-order valence-corrected chi connectivity index (χ3v) is 1.89. The molecule has 0 fully saturated rings. The molecule has 0 aromatic heterocycles. The summed E-state index contributed by atoms with van der Waals surface area (Å²) in [5, 5.41) is 3.06. The van der Waals surface area contributed by atoms with Crippen LogP contribution in [0.1, 0.15) is 6.92 Å². The second kappa shape index (κ2) is 7.70. The summed E-state index contributed by atoms with van der Waals surface area (Å²) in [7, 11) is 0. The maximum absolute atomic E-state index is 11.2. The van der Waals surface area contributed by atoms with Gasteiger partial charge < -0.3 is 14.8 Å². The molecular weight excluding hydrogens is 206 g/mol. The quantitative estimate of drug-likeness (QED) is 0.557. The lowest BCUT2D eigenvalue weighted by Crippen LogP contribution is -2.23. The Kier molecular flexibility index (Phi) is 6.03. The zero-order valence-corrected chi connectivity index (χ0v) is 9.44. The molecular formula is C12H17NO3. The highest BCUT2D eigenvalue weighted by Crippen LogP contribution is 2.07. The Balaban J connectivity index is 2.11. The third-order valence-electron chi connectivity index (χ3n) is 1.89. The number of esters is 1. The van der Waals surface area contributed by atoms with Crippen LogP contribution in [0, 0.1) is 0 Å². The maximum atomic E-state index is 11.2. The van der Waals surface area contributed by atoms with Crippen molar-refractivity contribution in [3.05, 3.63) is 30.3 Å². The third kappa shape index (κ3) is 5.36. The normalized spacial score (nSPS) is 9.81. The van der Waals surface area contributed by atoms with Crippen LogP contribution >= 0.6 is 0 Å².